The smallest absolute Gasteiger partial charge is 0 e. The van der Waals surface area contributed by atoms with Crippen molar-refractivity contribution >= 4 is 50.6 Å². The quantitative estimate of drug-likeness (QED) is 0.118. The topological polar surface area (TPSA) is 56.7 Å². The van der Waals surface area contributed by atoms with Crippen LogP contribution in [-0.2, 0) is 20.1 Å². The van der Waals surface area contributed by atoms with Crippen LogP contribution in [-0.4, -0.2) is 32.8 Å². The zero-order chi connectivity index (χ0) is 40.7. The van der Waals surface area contributed by atoms with Crippen LogP contribution in [0.15, 0.2) is 132 Å². The Morgan fingerprint density at radius 2 is 1.36 bits per heavy atom. The van der Waals surface area contributed by atoms with Gasteiger partial charge in [0.15, 0.2) is 0 Å². The summed E-state index contributed by atoms with van der Waals surface area (Å²) in [5.74, 6) is 8.55. The predicted molar refractivity (Wildman–Crippen MR) is 245 cm³/mol. The second kappa shape index (κ2) is 17.2. The number of imidazole rings is 1. The second-order valence-electron chi connectivity index (χ2n) is 16.8. The summed E-state index contributed by atoms with van der Waals surface area (Å²) in [6.07, 6.45) is 2.04. The van der Waals surface area contributed by atoms with E-state index in [4.69, 9.17) is 9.40 Å². The molecule has 0 atom stereocenters. The molecule has 0 N–H and O–H groups in total. The van der Waals surface area contributed by atoms with E-state index in [-0.39, 0.29) is 31.9 Å². The molecule has 0 unspecified atom stereocenters. The van der Waals surface area contributed by atoms with Gasteiger partial charge in [0.2, 0.25) is 0 Å². The fourth-order valence-electron chi connectivity index (χ4n) is 7.80. The standard InChI is InChI=1S/C38H34N3O.C14H16GeN.Ir/c1-22(2)30-20-27(26-13-8-7-9-14-26)21-31(23(3)4)35(30)41-34-18-11-10-17-33(34)40-38(41)29-16-12-15-28-32-19-24(5)39-25(6)36(32)42-37(28)29;1-15(2,3)13-9-10-14(16-11-13)12-7-5-4-6-8-12;/h7-15,17-23H,1-6H3;4-7,9-11H,1-3H3;/q2*-1;. The molecule has 0 amide bonds. The van der Waals surface area contributed by atoms with E-state index >= 15 is 0 Å². The normalized spacial score (nSPS) is 11.6. The van der Waals surface area contributed by atoms with E-state index in [0.717, 1.165) is 67.0 Å². The largest absolute Gasteiger partial charge is 0 e. The summed E-state index contributed by atoms with van der Waals surface area (Å²) >= 11 is -1.72. The van der Waals surface area contributed by atoms with Gasteiger partial charge >= 0.3 is 99.8 Å². The van der Waals surface area contributed by atoms with E-state index < -0.39 is 13.3 Å². The van der Waals surface area contributed by atoms with Crippen LogP contribution >= 0.6 is 0 Å². The third-order valence-corrected chi connectivity index (χ3v) is 15.1. The van der Waals surface area contributed by atoms with E-state index in [1.165, 1.54) is 32.3 Å². The van der Waals surface area contributed by atoms with Crippen LogP contribution in [0.5, 0.6) is 0 Å². The van der Waals surface area contributed by atoms with Crippen molar-refractivity contribution in [1.82, 2.24) is 19.5 Å². The first-order valence-electron chi connectivity index (χ1n) is 20.2. The van der Waals surface area contributed by atoms with Crippen LogP contribution in [0, 0.1) is 26.0 Å². The number of pyridine rings is 2. The van der Waals surface area contributed by atoms with Gasteiger partial charge in [0.1, 0.15) is 5.58 Å². The molecule has 7 heteroatoms. The van der Waals surface area contributed by atoms with Gasteiger partial charge in [-0.15, -0.1) is 18.2 Å². The van der Waals surface area contributed by atoms with Gasteiger partial charge in [-0.05, 0) is 78.3 Å². The van der Waals surface area contributed by atoms with Crippen molar-refractivity contribution in [2.75, 3.05) is 0 Å². The average Bonchev–Trinajstić information content (AvgIpc) is 3.80. The second-order valence-corrected chi connectivity index (χ2v) is 27.5. The first kappa shape index (κ1) is 42.0. The van der Waals surface area contributed by atoms with E-state index in [2.05, 4.69) is 163 Å². The Bertz CT molecular complexity index is 2860. The van der Waals surface area contributed by atoms with Gasteiger partial charge in [-0.25, -0.2) is 0 Å². The molecule has 299 valence electrons. The molecule has 5 aromatic carbocycles. The molecule has 4 aromatic heterocycles. The molecule has 9 rings (SSSR count). The summed E-state index contributed by atoms with van der Waals surface area (Å²) in [6, 6.07) is 49.0. The van der Waals surface area contributed by atoms with E-state index in [9.17, 15) is 0 Å². The molecule has 4 heterocycles. The van der Waals surface area contributed by atoms with Gasteiger partial charge in [0.05, 0.1) is 28.1 Å². The first-order chi connectivity index (χ1) is 27.9. The Morgan fingerprint density at radius 3 is 2.00 bits per heavy atom. The average molecular weight is 1010 g/mol. The minimum absolute atomic E-state index is 0. The Hall–Kier alpha value is -5.14. The number of hydrogen-bond donors (Lipinski definition) is 0. The van der Waals surface area contributed by atoms with E-state index in [0.29, 0.717) is 0 Å². The van der Waals surface area contributed by atoms with Gasteiger partial charge in [-0.3, -0.25) is 9.97 Å². The zero-order valence-corrected chi connectivity index (χ0v) is 39.8. The summed E-state index contributed by atoms with van der Waals surface area (Å²) in [7, 11) is 0. The maximum absolute atomic E-state index is 6.60. The Kier molecular flexibility index (Phi) is 12.3. The Labute approximate surface area is 364 Å². The number of benzene rings is 5. The Morgan fingerprint density at radius 1 is 0.661 bits per heavy atom. The number of aromatic nitrogens is 4. The van der Waals surface area contributed by atoms with E-state index in [1.54, 1.807) is 0 Å². The molecule has 0 saturated carbocycles. The fraction of sp³-hybridized carbons (Fsp3) is 0.212. The molecule has 0 saturated heterocycles. The number of aryl methyl sites for hydroxylation is 2. The molecule has 0 aliphatic heterocycles. The third-order valence-electron chi connectivity index (χ3n) is 10.9. The molecule has 0 aliphatic rings. The van der Waals surface area contributed by atoms with Crippen molar-refractivity contribution in [3.63, 3.8) is 0 Å². The summed E-state index contributed by atoms with van der Waals surface area (Å²) in [6.45, 7) is 13.2. The van der Waals surface area contributed by atoms with Gasteiger partial charge in [-0.2, -0.15) is 0 Å². The van der Waals surface area contributed by atoms with Gasteiger partial charge in [-0.1, -0.05) is 81.1 Å². The van der Waals surface area contributed by atoms with Crippen LogP contribution < -0.4 is 4.40 Å². The number of para-hydroxylation sites is 2. The number of nitrogens with zero attached hydrogens (tertiary/aromatic N) is 4. The summed E-state index contributed by atoms with van der Waals surface area (Å²) in [5.41, 5.74) is 14.7. The maximum Gasteiger partial charge on any atom is 0 e. The first-order valence-corrected chi connectivity index (χ1v) is 27.6. The summed E-state index contributed by atoms with van der Waals surface area (Å²) in [5, 5.41) is 2.13. The fourth-order valence-corrected chi connectivity index (χ4v) is 9.97. The van der Waals surface area contributed by atoms with Crippen molar-refractivity contribution in [3.05, 3.63) is 162 Å². The number of rotatable bonds is 7. The van der Waals surface area contributed by atoms with Crippen LogP contribution in [0.3, 0.4) is 0 Å². The molecule has 59 heavy (non-hydrogen) atoms. The minimum atomic E-state index is -1.72. The van der Waals surface area contributed by atoms with Crippen molar-refractivity contribution in [2.45, 2.75) is 70.6 Å². The maximum atomic E-state index is 6.60. The van der Waals surface area contributed by atoms with Gasteiger partial charge in [0, 0.05) is 36.9 Å². The molecule has 0 aliphatic carbocycles. The molecule has 0 spiro atoms. The summed E-state index contributed by atoms with van der Waals surface area (Å²) < 4.78 is 10.4. The number of furan rings is 1. The number of fused-ring (bicyclic) bond motifs is 4. The van der Waals surface area contributed by atoms with Crippen LogP contribution in [0.25, 0.3) is 72.4 Å². The van der Waals surface area contributed by atoms with Gasteiger partial charge < -0.3 is 8.98 Å². The van der Waals surface area contributed by atoms with Gasteiger partial charge in [0.25, 0.3) is 0 Å². The van der Waals surface area contributed by atoms with Crippen molar-refractivity contribution < 1.29 is 24.5 Å². The van der Waals surface area contributed by atoms with E-state index in [1.807, 2.05) is 50.4 Å². The molecule has 0 bridgehead atoms. The number of hydrogen-bond acceptors (Lipinski definition) is 4. The molecule has 5 nitrogen and oxygen atoms in total. The van der Waals surface area contributed by atoms with Crippen molar-refractivity contribution in [3.8, 4) is 39.5 Å². The van der Waals surface area contributed by atoms with Crippen LogP contribution in [0.4, 0.5) is 0 Å². The molecular formula is C52H50GeIrN4O-2. The SMILES string of the molecule is Cc1cc2c(oc3c(-c4nc5ccccc5n4-c4c(C(C)C)cc(-c5ccccc5)cc4C(C)C)[c-]ccc32)c(C)n1.[CH3][Ge]([CH3])([CH3])[c]1ccc(-c2[c-]cccc2)nc1.[Ir]. The third kappa shape index (κ3) is 8.36. The summed E-state index contributed by atoms with van der Waals surface area (Å²) in [4.78, 5) is 14.5. The molecule has 0 fully saturated rings. The minimum Gasteiger partial charge on any atom is 0 e. The molecule has 1 radical (unpaired) electrons. The predicted octanol–water partition coefficient (Wildman–Crippen LogP) is 13.4. The van der Waals surface area contributed by atoms with Crippen LogP contribution in [0.1, 0.15) is 62.0 Å². The van der Waals surface area contributed by atoms with Crippen molar-refractivity contribution in [2.24, 2.45) is 0 Å². The molecular weight excluding hydrogens is 961 g/mol. The Balaban J connectivity index is 0.000000262. The molecule has 9 aromatic rings. The zero-order valence-electron chi connectivity index (χ0n) is 35.3. The van der Waals surface area contributed by atoms with Crippen LogP contribution in [0.2, 0.25) is 17.3 Å². The van der Waals surface area contributed by atoms with Crippen molar-refractivity contribution in [1.29, 1.82) is 0 Å². The monoisotopic (exact) mass is 1010 g/mol.